The van der Waals surface area contributed by atoms with E-state index in [1.165, 1.54) is 6.92 Å². The molecule has 0 bridgehead atoms. The highest BCUT2D eigenvalue weighted by atomic mass is 19.4. The van der Waals surface area contributed by atoms with Crippen molar-refractivity contribution in [3.05, 3.63) is 0 Å². The third kappa shape index (κ3) is 3.42. The van der Waals surface area contributed by atoms with Gasteiger partial charge in [0.1, 0.15) is 12.1 Å². The van der Waals surface area contributed by atoms with Gasteiger partial charge in [-0.25, -0.2) is 4.79 Å². The average Bonchev–Trinajstić information content (AvgIpc) is 3.02. The van der Waals surface area contributed by atoms with Crippen molar-refractivity contribution in [2.45, 2.75) is 50.9 Å². The smallest absolute Gasteiger partial charge is 0.471 e. The van der Waals surface area contributed by atoms with Gasteiger partial charge in [-0.1, -0.05) is 13.3 Å². The molecule has 4 atom stereocenters. The molecule has 1 heterocycles. The van der Waals surface area contributed by atoms with Crippen molar-refractivity contribution in [2.75, 3.05) is 6.54 Å². The van der Waals surface area contributed by atoms with Crippen LogP contribution in [0.3, 0.4) is 0 Å². The molecule has 2 fully saturated rings. The van der Waals surface area contributed by atoms with Crippen LogP contribution in [-0.4, -0.2) is 52.6 Å². The number of nitrogens with one attached hydrogen (secondary N) is 1. The summed E-state index contributed by atoms with van der Waals surface area (Å²) >= 11 is 0. The molecule has 9 heteroatoms. The highest BCUT2D eigenvalue weighted by molar-refractivity contribution is 5.92. The van der Waals surface area contributed by atoms with Crippen molar-refractivity contribution in [2.24, 2.45) is 11.8 Å². The van der Waals surface area contributed by atoms with E-state index in [1.807, 2.05) is 0 Å². The van der Waals surface area contributed by atoms with E-state index in [0.717, 1.165) is 17.7 Å². The Kier molecular flexibility index (Phi) is 4.86. The van der Waals surface area contributed by atoms with Gasteiger partial charge >= 0.3 is 18.1 Å². The molecule has 2 rings (SSSR count). The van der Waals surface area contributed by atoms with Gasteiger partial charge < -0.3 is 15.3 Å². The van der Waals surface area contributed by atoms with Gasteiger partial charge in [0, 0.05) is 6.54 Å². The quantitative estimate of drug-likeness (QED) is 0.806. The predicted octanol–water partition coefficient (Wildman–Crippen LogP) is 1.16. The maximum Gasteiger partial charge on any atom is 0.471 e. The average molecular weight is 336 g/mol. The lowest BCUT2D eigenvalue weighted by atomic mass is 9.94. The summed E-state index contributed by atoms with van der Waals surface area (Å²) in [5.41, 5.74) is 0. The maximum absolute atomic E-state index is 12.5. The summed E-state index contributed by atoms with van der Waals surface area (Å²) in [4.78, 5) is 36.1. The molecule has 130 valence electrons. The van der Waals surface area contributed by atoms with Crippen LogP contribution in [0.25, 0.3) is 0 Å². The first-order chi connectivity index (χ1) is 10.7. The van der Waals surface area contributed by atoms with Crippen molar-refractivity contribution in [3.8, 4) is 0 Å². The number of carboxylic acids is 1. The van der Waals surface area contributed by atoms with E-state index in [4.69, 9.17) is 0 Å². The fraction of sp³-hybridized carbons (Fsp3) is 0.786. The van der Waals surface area contributed by atoms with Crippen molar-refractivity contribution in [3.63, 3.8) is 0 Å². The maximum atomic E-state index is 12.5. The highest BCUT2D eigenvalue weighted by Gasteiger charge is 2.51. The molecule has 0 unspecified atom stereocenters. The molecule has 0 aromatic rings. The van der Waals surface area contributed by atoms with Crippen LogP contribution >= 0.6 is 0 Å². The Labute approximate surface area is 131 Å². The van der Waals surface area contributed by atoms with Crippen LogP contribution in [0.2, 0.25) is 0 Å². The van der Waals surface area contributed by atoms with E-state index < -0.39 is 36.0 Å². The van der Waals surface area contributed by atoms with Gasteiger partial charge in [-0.05, 0) is 31.1 Å². The molecule has 2 amide bonds. The number of amides is 2. The van der Waals surface area contributed by atoms with Crippen LogP contribution in [0.15, 0.2) is 0 Å². The van der Waals surface area contributed by atoms with E-state index >= 15 is 0 Å². The zero-order valence-corrected chi connectivity index (χ0v) is 12.6. The lowest BCUT2D eigenvalue weighted by Gasteiger charge is -2.28. The normalized spacial score (nSPS) is 28.3. The number of nitrogens with zero attached hydrogens (tertiary/aromatic N) is 1. The number of fused-ring (bicyclic) bond motifs is 1. The predicted molar refractivity (Wildman–Crippen MR) is 72.2 cm³/mol. The molecule has 0 radical (unpaired) electrons. The SMILES string of the molecule is CC[C@H](NC(=O)C(F)(F)F)C(=O)N1C[C@@H]2CCC[C@@H]2[C@H]1C(=O)O. The van der Waals surface area contributed by atoms with Crippen LogP contribution in [-0.2, 0) is 14.4 Å². The van der Waals surface area contributed by atoms with E-state index in [9.17, 15) is 32.7 Å². The fourth-order valence-electron chi connectivity index (χ4n) is 3.63. The zero-order valence-electron chi connectivity index (χ0n) is 12.6. The zero-order chi connectivity index (χ0) is 17.4. The molecule has 1 saturated carbocycles. The molecule has 23 heavy (non-hydrogen) atoms. The van der Waals surface area contributed by atoms with Crippen LogP contribution in [0.5, 0.6) is 0 Å². The van der Waals surface area contributed by atoms with Gasteiger partial charge in [0.2, 0.25) is 5.91 Å². The first-order valence-corrected chi connectivity index (χ1v) is 7.57. The van der Waals surface area contributed by atoms with Crippen molar-refractivity contribution < 1.29 is 32.7 Å². The summed E-state index contributed by atoms with van der Waals surface area (Å²) in [5.74, 6) is -4.19. The van der Waals surface area contributed by atoms with E-state index in [-0.39, 0.29) is 24.8 Å². The Morgan fingerprint density at radius 1 is 1.30 bits per heavy atom. The van der Waals surface area contributed by atoms with Gasteiger partial charge in [0.15, 0.2) is 0 Å². The summed E-state index contributed by atoms with van der Waals surface area (Å²) in [6.45, 7) is 1.69. The Morgan fingerprint density at radius 3 is 2.48 bits per heavy atom. The first kappa shape index (κ1) is 17.6. The minimum absolute atomic E-state index is 0.0428. The van der Waals surface area contributed by atoms with E-state index in [2.05, 4.69) is 0 Å². The third-order valence-corrected chi connectivity index (χ3v) is 4.70. The summed E-state index contributed by atoms with van der Waals surface area (Å²) in [5, 5.41) is 11.0. The number of carbonyl (C=O) groups excluding carboxylic acids is 2. The van der Waals surface area contributed by atoms with Crippen LogP contribution < -0.4 is 5.32 Å². The summed E-state index contributed by atoms with van der Waals surface area (Å²) in [6.07, 6.45) is -2.73. The molecule has 0 aromatic carbocycles. The van der Waals surface area contributed by atoms with Crippen LogP contribution in [0.1, 0.15) is 32.6 Å². The minimum atomic E-state index is -5.08. The lowest BCUT2D eigenvalue weighted by molar-refractivity contribution is -0.175. The molecule has 2 aliphatic rings. The molecule has 2 N–H and O–H groups in total. The standard InChI is InChI=1S/C14H19F3N2O4/c1-2-9(18-13(23)14(15,16)17)11(20)19-6-7-4-3-5-8(7)10(19)12(21)22/h7-10H,2-6H2,1H3,(H,18,23)(H,21,22)/t7-,8-,9-,10-/m0/s1. The van der Waals surface area contributed by atoms with Gasteiger partial charge in [-0.15, -0.1) is 0 Å². The number of aliphatic carboxylic acids is 1. The number of halogens is 3. The van der Waals surface area contributed by atoms with Crippen molar-refractivity contribution >= 4 is 17.8 Å². The summed E-state index contributed by atoms with van der Waals surface area (Å²) in [7, 11) is 0. The molecule has 0 aromatic heterocycles. The van der Waals surface area contributed by atoms with Gasteiger partial charge in [-0.2, -0.15) is 13.2 Å². The lowest BCUT2D eigenvalue weighted by Crippen LogP contribution is -2.54. The van der Waals surface area contributed by atoms with E-state index in [0.29, 0.717) is 6.42 Å². The monoisotopic (exact) mass is 336 g/mol. The Hall–Kier alpha value is -1.80. The van der Waals surface area contributed by atoms with Crippen LogP contribution in [0, 0.1) is 11.8 Å². The highest BCUT2D eigenvalue weighted by Crippen LogP contribution is 2.42. The third-order valence-electron chi connectivity index (χ3n) is 4.70. The number of carboxylic acid groups (broad SMARTS) is 1. The molecule has 1 aliphatic heterocycles. The number of carbonyl (C=O) groups is 3. The van der Waals surface area contributed by atoms with Gasteiger partial charge in [0.05, 0.1) is 0 Å². The Bertz CT molecular complexity index is 509. The fourth-order valence-corrected chi connectivity index (χ4v) is 3.63. The second kappa shape index (κ2) is 6.37. The first-order valence-electron chi connectivity index (χ1n) is 7.57. The Morgan fingerprint density at radius 2 is 1.96 bits per heavy atom. The molecular weight excluding hydrogens is 317 g/mol. The minimum Gasteiger partial charge on any atom is -0.480 e. The molecular formula is C14H19F3N2O4. The molecule has 1 aliphatic carbocycles. The number of likely N-dealkylation sites (tertiary alicyclic amines) is 1. The Balaban J connectivity index is 2.13. The topological polar surface area (TPSA) is 86.7 Å². The molecule has 1 saturated heterocycles. The number of hydrogen-bond acceptors (Lipinski definition) is 3. The largest absolute Gasteiger partial charge is 0.480 e. The number of rotatable bonds is 4. The molecule has 6 nitrogen and oxygen atoms in total. The van der Waals surface area contributed by atoms with Crippen molar-refractivity contribution in [1.82, 2.24) is 10.2 Å². The van der Waals surface area contributed by atoms with Crippen LogP contribution in [0.4, 0.5) is 13.2 Å². The number of hydrogen-bond donors (Lipinski definition) is 2. The number of alkyl halides is 3. The summed E-state index contributed by atoms with van der Waals surface area (Å²) in [6, 6.07) is -2.39. The van der Waals surface area contributed by atoms with E-state index in [1.54, 1.807) is 5.32 Å². The van der Waals surface area contributed by atoms with Gasteiger partial charge in [-0.3, -0.25) is 9.59 Å². The second-order valence-electron chi connectivity index (χ2n) is 6.06. The van der Waals surface area contributed by atoms with Gasteiger partial charge in [0.25, 0.3) is 0 Å². The second-order valence-corrected chi connectivity index (χ2v) is 6.06. The summed E-state index contributed by atoms with van der Waals surface area (Å²) < 4.78 is 37.0. The molecule has 0 spiro atoms. The van der Waals surface area contributed by atoms with Crippen molar-refractivity contribution in [1.29, 1.82) is 0 Å².